The molecule has 0 bridgehead atoms. The molecule has 1 unspecified atom stereocenters. The topological polar surface area (TPSA) is 6.48 Å². The Morgan fingerprint density at radius 2 is 0.299 bits per heavy atom. The number of hydrogen-bond acceptors (Lipinski definition) is 2. The fourth-order valence-corrected chi connectivity index (χ4v) is 12.8. The van der Waals surface area contributed by atoms with Gasteiger partial charge in [0.1, 0.15) is 0 Å². The fraction of sp³-hybridized carbons (Fsp3) is 1.00. The Labute approximate surface area is 491 Å². The summed E-state index contributed by atoms with van der Waals surface area (Å²) in [6.45, 7) is 18.6. The number of nitrogens with zero attached hydrogens (tertiary/aromatic N) is 2. The summed E-state index contributed by atoms with van der Waals surface area (Å²) in [6, 6.07) is 0.685. The second kappa shape index (κ2) is 70.2. The standard InChI is InChI=1S/C75H154N2/c1-6-10-14-18-22-26-30-34-38-42-46-50-54-58-62-66-70-76(71-67-63-59-55-51-47-43-39-35-31-27-23-19-15-11-7-2)74-75(5)77(72-68-64-60-56-52-48-44-40-36-32-28-24-20-16-12-8-3)73-69-65-61-57-53-49-45-41-37-33-29-25-21-17-13-9-4/h75H,6-74H2,1-5H3. The van der Waals surface area contributed by atoms with Crippen LogP contribution in [0.1, 0.15) is 446 Å². The predicted octanol–water partition coefficient (Wildman–Crippen LogP) is 27.0. The van der Waals surface area contributed by atoms with Crippen LogP contribution in [0, 0.1) is 0 Å². The van der Waals surface area contributed by atoms with Crippen molar-refractivity contribution in [2.24, 2.45) is 0 Å². The van der Waals surface area contributed by atoms with Gasteiger partial charge in [-0.15, -0.1) is 0 Å². The van der Waals surface area contributed by atoms with Gasteiger partial charge in [0.2, 0.25) is 0 Å². The van der Waals surface area contributed by atoms with E-state index in [2.05, 4.69) is 44.4 Å². The molecule has 2 nitrogen and oxygen atoms in total. The van der Waals surface area contributed by atoms with Crippen molar-refractivity contribution in [3.63, 3.8) is 0 Å². The quantitative estimate of drug-likeness (QED) is 0.0560. The Hall–Kier alpha value is -0.0800. The maximum absolute atomic E-state index is 2.99. The predicted molar refractivity (Wildman–Crippen MR) is 356 cm³/mol. The molecule has 0 spiro atoms. The third-order valence-corrected chi connectivity index (χ3v) is 18.4. The summed E-state index contributed by atoms with van der Waals surface area (Å²) in [4.78, 5) is 5.95. The Morgan fingerprint density at radius 1 is 0.169 bits per heavy atom. The first-order valence-electron chi connectivity index (χ1n) is 37.7. The van der Waals surface area contributed by atoms with Crippen molar-refractivity contribution < 1.29 is 0 Å². The molecule has 0 saturated heterocycles. The maximum Gasteiger partial charge on any atom is 0.0194 e. The molecule has 1 atom stereocenters. The molecular weight excluding hydrogens is 929 g/mol. The van der Waals surface area contributed by atoms with Crippen molar-refractivity contribution in [2.75, 3.05) is 32.7 Å². The van der Waals surface area contributed by atoms with E-state index in [0.717, 1.165) is 0 Å². The number of rotatable bonds is 71. The lowest BCUT2D eigenvalue weighted by atomic mass is 10.0. The largest absolute Gasteiger partial charge is 0.302 e. The zero-order valence-corrected chi connectivity index (χ0v) is 55.3. The minimum atomic E-state index is 0.685. The van der Waals surface area contributed by atoms with Gasteiger partial charge in [-0.05, 0) is 58.8 Å². The Bertz CT molecular complexity index is 922. The summed E-state index contributed by atoms with van der Waals surface area (Å²) in [5.41, 5.74) is 0. The fourth-order valence-electron chi connectivity index (χ4n) is 12.8. The molecule has 0 heterocycles. The molecule has 0 aliphatic rings. The zero-order valence-electron chi connectivity index (χ0n) is 55.3. The minimum absolute atomic E-state index is 0.685. The molecule has 0 rings (SSSR count). The average molecular weight is 1080 g/mol. The second-order valence-corrected chi connectivity index (χ2v) is 26.4. The van der Waals surface area contributed by atoms with E-state index in [1.807, 2.05) is 0 Å². The van der Waals surface area contributed by atoms with E-state index in [4.69, 9.17) is 0 Å². The lowest BCUT2D eigenvalue weighted by molar-refractivity contribution is 0.140. The van der Waals surface area contributed by atoms with Crippen molar-refractivity contribution >= 4 is 0 Å². The van der Waals surface area contributed by atoms with Crippen LogP contribution in [-0.4, -0.2) is 48.6 Å². The first kappa shape index (κ1) is 76.9. The van der Waals surface area contributed by atoms with Gasteiger partial charge in [-0.1, -0.05) is 413 Å². The molecular formula is C75H154N2. The van der Waals surface area contributed by atoms with Gasteiger partial charge in [-0.2, -0.15) is 0 Å². The van der Waals surface area contributed by atoms with Crippen LogP contribution in [0.5, 0.6) is 0 Å². The van der Waals surface area contributed by atoms with Gasteiger partial charge in [0.15, 0.2) is 0 Å². The minimum Gasteiger partial charge on any atom is -0.302 e. The number of unbranched alkanes of at least 4 members (excludes halogenated alkanes) is 60. The van der Waals surface area contributed by atoms with Crippen LogP contribution in [-0.2, 0) is 0 Å². The second-order valence-electron chi connectivity index (χ2n) is 26.4. The average Bonchev–Trinajstić information content (AvgIpc) is 3.43. The first-order valence-corrected chi connectivity index (χ1v) is 37.7. The smallest absolute Gasteiger partial charge is 0.0194 e. The van der Waals surface area contributed by atoms with Crippen LogP contribution in [0.3, 0.4) is 0 Å². The van der Waals surface area contributed by atoms with E-state index in [0.29, 0.717) is 6.04 Å². The van der Waals surface area contributed by atoms with E-state index in [1.165, 1.54) is 444 Å². The molecule has 77 heavy (non-hydrogen) atoms. The Balaban J connectivity index is 4.95. The molecule has 464 valence electrons. The molecule has 0 aromatic heterocycles. The summed E-state index contributed by atoms with van der Waals surface area (Å²) < 4.78 is 0. The summed E-state index contributed by atoms with van der Waals surface area (Å²) in [5, 5.41) is 0. The van der Waals surface area contributed by atoms with Crippen LogP contribution < -0.4 is 0 Å². The van der Waals surface area contributed by atoms with Crippen molar-refractivity contribution in [1.82, 2.24) is 9.80 Å². The van der Waals surface area contributed by atoms with Gasteiger partial charge in [0, 0.05) is 12.6 Å². The van der Waals surface area contributed by atoms with E-state index >= 15 is 0 Å². The van der Waals surface area contributed by atoms with Crippen LogP contribution in [0.25, 0.3) is 0 Å². The summed E-state index contributed by atoms with van der Waals surface area (Å²) >= 11 is 0. The molecule has 0 aliphatic heterocycles. The Morgan fingerprint density at radius 3 is 0.455 bits per heavy atom. The van der Waals surface area contributed by atoms with E-state index in [1.54, 1.807) is 0 Å². The molecule has 0 N–H and O–H groups in total. The van der Waals surface area contributed by atoms with Gasteiger partial charge in [-0.3, -0.25) is 4.90 Å². The summed E-state index contributed by atoms with van der Waals surface area (Å²) in [7, 11) is 0. The van der Waals surface area contributed by atoms with E-state index in [-0.39, 0.29) is 0 Å². The van der Waals surface area contributed by atoms with Gasteiger partial charge in [0.25, 0.3) is 0 Å². The van der Waals surface area contributed by atoms with Crippen molar-refractivity contribution in [3.05, 3.63) is 0 Å². The lowest BCUT2D eigenvalue weighted by Gasteiger charge is -2.34. The zero-order chi connectivity index (χ0) is 55.5. The molecule has 2 heteroatoms. The molecule has 0 aromatic carbocycles. The molecule has 0 aromatic rings. The molecule has 0 amide bonds. The Kier molecular flexibility index (Phi) is 70.1. The lowest BCUT2D eigenvalue weighted by Crippen LogP contribution is -2.44. The van der Waals surface area contributed by atoms with Crippen molar-refractivity contribution in [2.45, 2.75) is 452 Å². The number of hydrogen-bond donors (Lipinski definition) is 0. The third kappa shape index (κ3) is 64.9. The van der Waals surface area contributed by atoms with E-state index in [9.17, 15) is 0 Å². The van der Waals surface area contributed by atoms with Crippen LogP contribution in [0.2, 0.25) is 0 Å². The van der Waals surface area contributed by atoms with Crippen molar-refractivity contribution in [1.29, 1.82) is 0 Å². The summed E-state index contributed by atoms with van der Waals surface area (Å²) in [6.07, 6.45) is 93.6. The SMILES string of the molecule is CCCCCCCCCCCCCCCCCCN(CCCCCCCCCCCCCCCCCC)CC(C)N(CCCCCCCCCCCCCCCCCC)CCCCCCCCCCCCCCCCCC. The summed E-state index contributed by atoms with van der Waals surface area (Å²) in [5.74, 6) is 0. The molecule has 0 aliphatic carbocycles. The van der Waals surface area contributed by atoms with Gasteiger partial charge >= 0.3 is 0 Å². The maximum atomic E-state index is 2.99. The van der Waals surface area contributed by atoms with E-state index < -0.39 is 0 Å². The normalized spacial score (nSPS) is 12.4. The highest BCUT2D eigenvalue weighted by Gasteiger charge is 2.17. The molecule has 0 radical (unpaired) electrons. The van der Waals surface area contributed by atoms with Crippen LogP contribution >= 0.6 is 0 Å². The molecule has 0 saturated carbocycles. The van der Waals surface area contributed by atoms with Gasteiger partial charge in [-0.25, -0.2) is 0 Å². The highest BCUT2D eigenvalue weighted by Crippen LogP contribution is 2.20. The first-order chi connectivity index (χ1) is 38.2. The highest BCUT2D eigenvalue weighted by molar-refractivity contribution is 4.74. The van der Waals surface area contributed by atoms with Gasteiger partial charge < -0.3 is 4.90 Å². The van der Waals surface area contributed by atoms with Crippen molar-refractivity contribution in [3.8, 4) is 0 Å². The van der Waals surface area contributed by atoms with Crippen LogP contribution in [0.15, 0.2) is 0 Å². The third-order valence-electron chi connectivity index (χ3n) is 18.4. The monoisotopic (exact) mass is 1080 g/mol. The van der Waals surface area contributed by atoms with Gasteiger partial charge in [0.05, 0.1) is 0 Å². The molecule has 0 fully saturated rings. The van der Waals surface area contributed by atoms with Crippen LogP contribution in [0.4, 0.5) is 0 Å². The highest BCUT2D eigenvalue weighted by atomic mass is 15.2.